The summed E-state index contributed by atoms with van der Waals surface area (Å²) in [4.78, 5) is 22.3. The predicted octanol–water partition coefficient (Wildman–Crippen LogP) is 4.28. The lowest BCUT2D eigenvalue weighted by molar-refractivity contribution is -0.137. The minimum atomic E-state index is -4.73. The van der Waals surface area contributed by atoms with E-state index in [9.17, 15) is 31.2 Å². The number of hydrogen-bond donors (Lipinski definition) is 2. The molecule has 0 unspecified atom stereocenters. The summed E-state index contributed by atoms with van der Waals surface area (Å²) >= 11 is 6.15. The Balaban J connectivity index is 1.87. The molecule has 1 fully saturated rings. The number of amides is 1. The highest BCUT2D eigenvalue weighted by Gasteiger charge is 2.44. The number of piperidine rings is 1. The van der Waals surface area contributed by atoms with Gasteiger partial charge in [0, 0.05) is 54.7 Å². The number of rotatable bonds is 7. The summed E-state index contributed by atoms with van der Waals surface area (Å²) in [6.07, 6.45) is -3.83. The molecule has 36 heavy (non-hydrogen) atoms. The molecule has 0 bridgehead atoms. The Kier molecular flexibility index (Phi) is 8.11. The zero-order valence-electron chi connectivity index (χ0n) is 18.6. The molecule has 1 saturated heterocycles. The number of benzene rings is 2. The second-order valence-corrected chi connectivity index (χ2v) is 10.3. The largest absolute Gasteiger partial charge is 0.478 e. The number of nitrogens with zero attached hydrogens (tertiary/aromatic N) is 1. The van der Waals surface area contributed by atoms with E-state index >= 15 is 4.39 Å². The molecule has 1 heterocycles. The van der Waals surface area contributed by atoms with E-state index in [4.69, 9.17) is 16.7 Å². The molecule has 0 saturated carbocycles. The lowest BCUT2D eigenvalue weighted by atomic mass is 9.93. The highest BCUT2D eigenvalue weighted by Crippen LogP contribution is 2.40. The molecule has 7 nitrogen and oxygen atoms in total. The van der Waals surface area contributed by atoms with Gasteiger partial charge in [-0.2, -0.15) is 17.5 Å². The Hall–Kier alpha value is -2.96. The summed E-state index contributed by atoms with van der Waals surface area (Å²) < 4.78 is 83.1. The number of carboxylic acid groups (broad SMARTS) is 1. The van der Waals surface area contributed by atoms with Crippen LogP contribution in [0.25, 0.3) is 11.1 Å². The van der Waals surface area contributed by atoms with Gasteiger partial charge in [-0.1, -0.05) is 35.9 Å². The quantitative estimate of drug-likeness (QED) is 0.397. The number of nitrogens with one attached hydrogen (secondary N) is 1. The molecule has 0 atom stereocenters. The zero-order valence-corrected chi connectivity index (χ0v) is 20.1. The van der Waals surface area contributed by atoms with E-state index in [-0.39, 0.29) is 22.7 Å². The number of hydrogen-bond acceptors (Lipinski definition) is 4. The molecule has 0 radical (unpaired) electrons. The zero-order chi connectivity index (χ0) is 26.7. The maximum atomic E-state index is 15.2. The monoisotopic (exact) mass is 548 g/mol. The average Bonchev–Trinajstić information content (AvgIpc) is 2.81. The number of alkyl halides is 4. The van der Waals surface area contributed by atoms with Crippen LogP contribution in [-0.4, -0.2) is 55.0 Å². The van der Waals surface area contributed by atoms with Crippen LogP contribution in [0.5, 0.6) is 0 Å². The van der Waals surface area contributed by atoms with E-state index in [1.165, 1.54) is 18.2 Å². The number of halogens is 5. The van der Waals surface area contributed by atoms with Crippen LogP contribution in [0.2, 0.25) is 5.02 Å². The molecule has 0 aromatic heterocycles. The Labute approximate surface area is 209 Å². The Morgan fingerprint density at radius 3 is 2.33 bits per heavy atom. The summed E-state index contributed by atoms with van der Waals surface area (Å²) in [7, 11) is -4.39. The molecule has 1 aliphatic rings. The lowest BCUT2D eigenvalue weighted by Gasteiger charge is -2.35. The van der Waals surface area contributed by atoms with Gasteiger partial charge in [-0.3, -0.25) is 4.79 Å². The number of carbonyl (C=O) groups excluding carboxylic acids is 1. The maximum Gasteiger partial charge on any atom is 0.416 e. The van der Waals surface area contributed by atoms with Crippen LogP contribution < -0.4 is 5.32 Å². The van der Waals surface area contributed by atoms with Gasteiger partial charge in [-0.15, -0.1) is 0 Å². The van der Waals surface area contributed by atoms with Crippen molar-refractivity contribution in [3.05, 3.63) is 65.2 Å². The van der Waals surface area contributed by atoms with Gasteiger partial charge in [-0.05, 0) is 24.3 Å². The van der Waals surface area contributed by atoms with Crippen LogP contribution in [-0.2, 0) is 25.8 Å². The van der Waals surface area contributed by atoms with Crippen molar-refractivity contribution in [2.24, 2.45) is 0 Å². The van der Waals surface area contributed by atoms with Crippen molar-refractivity contribution in [1.29, 1.82) is 0 Å². The predicted molar refractivity (Wildman–Crippen MR) is 124 cm³/mol. The summed E-state index contributed by atoms with van der Waals surface area (Å²) in [6, 6.07) is 8.04. The molecule has 1 aliphatic heterocycles. The topological polar surface area (TPSA) is 104 Å². The fourth-order valence-electron chi connectivity index (χ4n) is 3.74. The molecule has 0 aliphatic carbocycles. The van der Waals surface area contributed by atoms with Crippen molar-refractivity contribution in [1.82, 2.24) is 9.62 Å². The van der Waals surface area contributed by atoms with E-state index in [0.29, 0.717) is 12.1 Å². The third-order valence-electron chi connectivity index (χ3n) is 5.65. The maximum absolute atomic E-state index is 15.2. The second kappa shape index (κ2) is 10.6. The first kappa shape index (κ1) is 27.6. The van der Waals surface area contributed by atoms with Crippen LogP contribution in [0, 0.1) is 0 Å². The fraction of sp³-hybridized carbons (Fsp3) is 0.304. The molecule has 2 aromatic carbocycles. The van der Waals surface area contributed by atoms with Crippen molar-refractivity contribution in [2.45, 2.75) is 29.6 Å². The second-order valence-electron chi connectivity index (χ2n) is 8.01. The van der Waals surface area contributed by atoms with Crippen LogP contribution in [0.1, 0.15) is 18.4 Å². The molecule has 0 spiro atoms. The third-order valence-corrected chi connectivity index (χ3v) is 7.94. The van der Waals surface area contributed by atoms with E-state index < -0.39 is 70.1 Å². The SMILES string of the molecule is O=C(O)/C=C\CNC(=O)C1(F)CCN(S(=O)(=O)c2ccc(C(F)(F)F)cc2-c2ccccc2Cl)CC1. The molecular weight excluding hydrogens is 528 g/mol. The van der Waals surface area contributed by atoms with Crippen molar-refractivity contribution in [3.63, 3.8) is 0 Å². The van der Waals surface area contributed by atoms with Gasteiger partial charge in [0.15, 0.2) is 5.67 Å². The van der Waals surface area contributed by atoms with Crippen LogP contribution >= 0.6 is 11.6 Å². The number of sulfonamides is 1. The fourth-order valence-corrected chi connectivity index (χ4v) is 5.60. The lowest BCUT2D eigenvalue weighted by Crippen LogP contribution is -2.52. The van der Waals surface area contributed by atoms with E-state index in [2.05, 4.69) is 5.32 Å². The summed E-state index contributed by atoms with van der Waals surface area (Å²) in [5.74, 6) is -2.25. The van der Waals surface area contributed by atoms with Gasteiger partial charge < -0.3 is 10.4 Å². The molecule has 1 amide bonds. The van der Waals surface area contributed by atoms with Gasteiger partial charge in [0.25, 0.3) is 5.91 Å². The Morgan fingerprint density at radius 2 is 1.75 bits per heavy atom. The standard InChI is InChI=1S/C23H21ClF4N2O5S/c24-18-5-2-1-4-16(18)17-14-15(23(26,27)28)7-8-19(17)36(34,35)30-12-9-22(25,10-13-30)21(33)29-11-3-6-20(31)32/h1-8,14H,9-13H2,(H,29,33)(H,31,32)/b6-3-. The molecule has 13 heteroatoms. The van der Waals surface area contributed by atoms with Gasteiger partial charge in [-0.25, -0.2) is 17.6 Å². The van der Waals surface area contributed by atoms with Crippen molar-refractivity contribution in [2.75, 3.05) is 19.6 Å². The third kappa shape index (κ3) is 6.05. The van der Waals surface area contributed by atoms with Crippen molar-refractivity contribution in [3.8, 4) is 11.1 Å². The molecule has 2 aromatic rings. The van der Waals surface area contributed by atoms with E-state index in [0.717, 1.165) is 22.5 Å². The number of carbonyl (C=O) groups is 2. The number of carboxylic acids is 1. The molecule has 194 valence electrons. The number of aliphatic carboxylic acids is 1. The Bertz CT molecular complexity index is 1290. The van der Waals surface area contributed by atoms with Gasteiger partial charge in [0.2, 0.25) is 10.0 Å². The summed E-state index contributed by atoms with van der Waals surface area (Å²) in [5.41, 5.74) is -3.63. The highest BCUT2D eigenvalue weighted by atomic mass is 35.5. The smallest absolute Gasteiger partial charge is 0.416 e. The van der Waals surface area contributed by atoms with E-state index in [1.54, 1.807) is 6.07 Å². The molecule has 3 rings (SSSR count). The first-order valence-corrected chi connectivity index (χ1v) is 12.4. The normalized spacial score (nSPS) is 16.7. The summed E-state index contributed by atoms with van der Waals surface area (Å²) in [5, 5.41) is 10.8. The van der Waals surface area contributed by atoms with Gasteiger partial charge >= 0.3 is 12.1 Å². The highest BCUT2D eigenvalue weighted by molar-refractivity contribution is 7.89. The minimum Gasteiger partial charge on any atom is -0.478 e. The van der Waals surface area contributed by atoms with Crippen LogP contribution in [0.4, 0.5) is 17.6 Å². The first-order chi connectivity index (χ1) is 16.8. The van der Waals surface area contributed by atoms with Crippen LogP contribution in [0.15, 0.2) is 59.5 Å². The van der Waals surface area contributed by atoms with Gasteiger partial charge in [0.05, 0.1) is 10.5 Å². The molecular formula is C23H21ClF4N2O5S. The average molecular weight is 549 g/mol. The minimum absolute atomic E-state index is 0.0447. The Morgan fingerprint density at radius 1 is 1.11 bits per heavy atom. The van der Waals surface area contributed by atoms with E-state index in [1.807, 2.05) is 0 Å². The molecule has 2 N–H and O–H groups in total. The van der Waals surface area contributed by atoms with Gasteiger partial charge in [0.1, 0.15) is 0 Å². The first-order valence-electron chi connectivity index (χ1n) is 10.6. The summed E-state index contributed by atoms with van der Waals surface area (Å²) in [6.45, 7) is -1.04. The van der Waals surface area contributed by atoms with Crippen LogP contribution in [0.3, 0.4) is 0 Å². The van der Waals surface area contributed by atoms with Crippen molar-refractivity contribution < 1.29 is 40.7 Å². The van der Waals surface area contributed by atoms with Crippen molar-refractivity contribution >= 4 is 33.5 Å².